The van der Waals surface area contributed by atoms with Crippen LogP contribution in [0, 0.1) is 0 Å². The summed E-state index contributed by atoms with van der Waals surface area (Å²) in [6.07, 6.45) is 0. The first kappa shape index (κ1) is 24.5. The predicted molar refractivity (Wildman–Crippen MR) is 190 cm³/mol. The van der Waals surface area contributed by atoms with Crippen molar-refractivity contribution in [3.05, 3.63) is 158 Å². The molecule has 0 saturated heterocycles. The van der Waals surface area contributed by atoms with Crippen LogP contribution >= 0.6 is 0 Å². The molecule has 9 aromatic rings. The Morgan fingerprint density at radius 2 is 1.00 bits per heavy atom. The van der Waals surface area contributed by atoms with Crippen molar-refractivity contribution in [3.63, 3.8) is 0 Å². The summed E-state index contributed by atoms with van der Waals surface area (Å²) in [5.74, 6) is 1.80. The molecule has 208 valence electrons. The van der Waals surface area contributed by atoms with Crippen molar-refractivity contribution in [1.29, 1.82) is 0 Å². The van der Waals surface area contributed by atoms with Gasteiger partial charge in [-0.15, -0.1) is 0 Å². The molecule has 0 fully saturated rings. The van der Waals surface area contributed by atoms with Gasteiger partial charge in [-0.05, 0) is 107 Å². The zero-order valence-electron chi connectivity index (χ0n) is 24.4. The van der Waals surface area contributed by atoms with Crippen molar-refractivity contribution >= 4 is 53.9 Å². The van der Waals surface area contributed by atoms with Crippen molar-refractivity contribution in [1.82, 2.24) is 0 Å². The quantitative estimate of drug-likeness (QED) is 0.148. The lowest BCUT2D eigenvalue weighted by molar-refractivity contribution is 0.487. The Morgan fingerprint density at radius 3 is 1.91 bits per heavy atom. The van der Waals surface area contributed by atoms with E-state index in [9.17, 15) is 0 Å². The molecule has 0 amide bonds. The van der Waals surface area contributed by atoms with Crippen molar-refractivity contribution in [2.45, 2.75) is 0 Å². The lowest BCUT2D eigenvalue weighted by Gasteiger charge is -2.24. The summed E-state index contributed by atoms with van der Waals surface area (Å²) in [4.78, 5) is 0. The van der Waals surface area contributed by atoms with Gasteiger partial charge in [0.1, 0.15) is 11.5 Å². The zero-order chi connectivity index (χ0) is 29.5. The number of rotatable bonds is 2. The minimum Gasteiger partial charge on any atom is -0.456 e. The molecule has 0 aliphatic carbocycles. The number of hydrogen-bond donors (Lipinski definition) is 0. The Bertz CT molecular complexity index is 2680. The van der Waals surface area contributed by atoms with Crippen molar-refractivity contribution in [2.75, 3.05) is 0 Å². The molecule has 0 N–H and O–H groups in total. The maximum Gasteiger partial charge on any atom is 0.135 e. The molecule has 1 aliphatic heterocycles. The molecule has 0 radical (unpaired) electrons. The second kappa shape index (κ2) is 9.29. The summed E-state index contributed by atoms with van der Waals surface area (Å²) in [7, 11) is 0. The summed E-state index contributed by atoms with van der Waals surface area (Å²) in [6.45, 7) is 0. The number of fused-ring (bicyclic) bond motifs is 7. The average molecular weight is 571 g/mol. The van der Waals surface area contributed by atoms with Crippen LogP contribution in [0.1, 0.15) is 0 Å². The van der Waals surface area contributed by atoms with E-state index in [0.717, 1.165) is 17.1 Å². The summed E-state index contributed by atoms with van der Waals surface area (Å²) < 4.78 is 6.65. The summed E-state index contributed by atoms with van der Waals surface area (Å²) in [5, 5.41) is 12.5. The fourth-order valence-electron chi connectivity index (χ4n) is 7.54. The molecule has 45 heavy (non-hydrogen) atoms. The lowest BCUT2D eigenvalue weighted by Crippen LogP contribution is -1.98. The maximum absolute atomic E-state index is 6.65. The molecular formula is C44H26O. The highest BCUT2D eigenvalue weighted by molar-refractivity contribution is 6.22. The summed E-state index contributed by atoms with van der Waals surface area (Å²) >= 11 is 0. The van der Waals surface area contributed by atoms with Crippen molar-refractivity contribution < 1.29 is 4.74 Å². The largest absolute Gasteiger partial charge is 0.456 e. The standard InChI is InChI=1S/C44H26O/c1-2-10-29-24-31(18-16-27(29)8-1)34-21-23-41-44-37(34)14-7-15-38(44)39-26-33(20-22-40(39)45-41)43-36-13-6-4-11-30(36)25-32-19-17-28-9-3-5-12-35(28)42(32)43/h1-26H. The molecule has 1 heterocycles. The topological polar surface area (TPSA) is 9.23 Å². The number of hydrogen-bond acceptors (Lipinski definition) is 1. The Labute approximate surface area is 260 Å². The molecule has 0 aromatic heterocycles. The van der Waals surface area contributed by atoms with Crippen LogP contribution in [0.25, 0.3) is 87.2 Å². The van der Waals surface area contributed by atoms with Gasteiger partial charge >= 0.3 is 0 Å². The summed E-state index contributed by atoms with van der Waals surface area (Å²) in [5.41, 5.74) is 7.24. The Morgan fingerprint density at radius 1 is 0.311 bits per heavy atom. The third-order valence-electron chi connectivity index (χ3n) is 9.59. The Kier molecular flexibility index (Phi) is 5.06. The van der Waals surface area contributed by atoms with Crippen molar-refractivity contribution in [3.8, 4) is 44.9 Å². The van der Waals surface area contributed by atoms with Crippen molar-refractivity contribution in [2.24, 2.45) is 0 Å². The fourth-order valence-corrected chi connectivity index (χ4v) is 7.54. The Balaban J connectivity index is 1.23. The highest BCUT2D eigenvalue weighted by Crippen LogP contribution is 2.50. The first-order valence-electron chi connectivity index (χ1n) is 15.5. The molecule has 0 unspecified atom stereocenters. The van der Waals surface area contributed by atoms with E-state index in [1.807, 2.05) is 0 Å². The first-order chi connectivity index (χ1) is 22.3. The minimum atomic E-state index is 0.895. The third-order valence-corrected chi connectivity index (χ3v) is 9.59. The van der Waals surface area contributed by atoms with E-state index in [2.05, 4.69) is 158 Å². The first-order valence-corrected chi connectivity index (χ1v) is 15.5. The molecule has 1 heteroatoms. The third kappa shape index (κ3) is 3.62. The van der Waals surface area contributed by atoms with Crippen LogP contribution in [0.2, 0.25) is 0 Å². The molecule has 0 atom stereocenters. The average Bonchev–Trinajstić information content (AvgIpc) is 3.10. The Hall–Kier alpha value is -5.92. The highest BCUT2D eigenvalue weighted by atomic mass is 16.5. The van der Waals surface area contributed by atoms with Gasteiger partial charge in [0.25, 0.3) is 0 Å². The van der Waals surface area contributed by atoms with Gasteiger partial charge < -0.3 is 4.74 Å². The highest BCUT2D eigenvalue weighted by Gasteiger charge is 2.23. The van der Waals surface area contributed by atoms with Gasteiger partial charge in [0.2, 0.25) is 0 Å². The SMILES string of the molecule is c1ccc2cc(-c3ccc4c5c(cccc35)-c3cc(-c5c6ccccc6cc6ccc7ccccc7c56)ccc3O4)ccc2c1. The van der Waals surface area contributed by atoms with Gasteiger partial charge in [-0.1, -0.05) is 127 Å². The van der Waals surface area contributed by atoms with Gasteiger partial charge in [-0.2, -0.15) is 0 Å². The van der Waals surface area contributed by atoms with E-state index in [1.165, 1.54) is 81.7 Å². The normalized spacial score (nSPS) is 12.2. The molecule has 9 aromatic carbocycles. The second-order valence-corrected chi connectivity index (χ2v) is 12.1. The van der Waals surface area contributed by atoms with E-state index in [1.54, 1.807) is 0 Å². The number of benzene rings is 9. The maximum atomic E-state index is 6.65. The molecule has 1 aliphatic rings. The molecular weight excluding hydrogens is 544 g/mol. The van der Waals surface area contributed by atoms with E-state index >= 15 is 0 Å². The van der Waals surface area contributed by atoms with Crippen LogP contribution in [0.3, 0.4) is 0 Å². The van der Waals surface area contributed by atoms with Gasteiger partial charge in [0.05, 0.1) is 0 Å². The molecule has 0 spiro atoms. The molecule has 1 nitrogen and oxygen atoms in total. The molecule has 10 rings (SSSR count). The van der Waals surface area contributed by atoms with Gasteiger partial charge in [-0.25, -0.2) is 0 Å². The zero-order valence-corrected chi connectivity index (χ0v) is 24.4. The van der Waals surface area contributed by atoms with Crippen LogP contribution in [0.15, 0.2) is 158 Å². The van der Waals surface area contributed by atoms with Crippen LogP contribution in [0.5, 0.6) is 11.5 Å². The van der Waals surface area contributed by atoms with Gasteiger partial charge in [0, 0.05) is 10.9 Å². The van der Waals surface area contributed by atoms with Crippen LogP contribution in [-0.2, 0) is 0 Å². The smallest absolute Gasteiger partial charge is 0.135 e. The van der Waals surface area contributed by atoms with Gasteiger partial charge in [0.15, 0.2) is 0 Å². The molecule has 0 saturated carbocycles. The van der Waals surface area contributed by atoms with Crippen LogP contribution in [-0.4, -0.2) is 0 Å². The van der Waals surface area contributed by atoms with E-state index < -0.39 is 0 Å². The van der Waals surface area contributed by atoms with Gasteiger partial charge in [-0.3, -0.25) is 0 Å². The van der Waals surface area contributed by atoms with E-state index in [-0.39, 0.29) is 0 Å². The monoisotopic (exact) mass is 570 g/mol. The van der Waals surface area contributed by atoms with Crippen LogP contribution in [0.4, 0.5) is 0 Å². The predicted octanol–water partition coefficient (Wildman–Crippen LogP) is 12.6. The number of ether oxygens (including phenoxy) is 1. The van der Waals surface area contributed by atoms with E-state index in [0.29, 0.717) is 0 Å². The van der Waals surface area contributed by atoms with E-state index in [4.69, 9.17) is 4.74 Å². The fraction of sp³-hybridized carbons (Fsp3) is 0. The van der Waals surface area contributed by atoms with Crippen LogP contribution < -0.4 is 4.74 Å². The second-order valence-electron chi connectivity index (χ2n) is 12.1. The minimum absolute atomic E-state index is 0.895. The summed E-state index contributed by atoms with van der Waals surface area (Å²) in [6, 6.07) is 57.4. The molecule has 0 bridgehead atoms. The lowest BCUT2D eigenvalue weighted by atomic mass is 9.86.